The average molecular weight is 489 g/mol. The zero-order chi connectivity index (χ0) is 25.2. The molecule has 1 aliphatic rings. The minimum Gasteiger partial charge on any atom is -0.493 e. The largest absolute Gasteiger partial charge is 0.493 e. The molecule has 0 fully saturated rings. The topological polar surface area (TPSA) is 48.0 Å². The lowest BCUT2D eigenvalue weighted by Gasteiger charge is -2.37. The first-order valence-corrected chi connectivity index (χ1v) is 10.8. The van der Waals surface area contributed by atoms with Gasteiger partial charge in [-0.3, -0.25) is 4.79 Å². The maximum absolute atomic E-state index is 13.4. The Morgan fingerprint density at radius 3 is 2.34 bits per heavy atom. The summed E-state index contributed by atoms with van der Waals surface area (Å²) in [4.78, 5) is 14.9. The SMILES string of the molecule is COc1cc2c(cc1OC)C(COc1ccc(F)cc1)N(C(=O)c1cccc(C(F)(F)F)c1)CC2. The number of nitrogens with zero attached hydrogens (tertiary/aromatic N) is 1. The van der Waals surface area contributed by atoms with E-state index in [0.717, 1.165) is 23.3 Å². The zero-order valence-corrected chi connectivity index (χ0v) is 19.1. The molecule has 1 unspecified atom stereocenters. The van der Waals surface area contributed by atoms with E-state index in [9.17, 15) is 22.4 Å². The molecule has 184 valence electrons. The Morgan fingerprint density at radius 1 is 1.00 bits per heavy atom. The Labute approximate surface area is 199 Å². The van der Waals surface area contributed by atoms with Crippen molar-refractivity contribution in [2.75, 3.05) is 27.4 Å². The molecule has 0 saturated heterocycles. The van der Waals surface area contributed by atoms with Gasteiger partial charge in [-0.1, -0.05) is 6.07 Å². The normalized spacial score (nSPS) is 15.4. The first-order valence-electron chi connectivity index (χ1n) is 10.8. The number of carbonyl (C=O) groups is 1. The molecule has 0 spiro atoms. The van der Waals surface area contributed by atoms with Crippen LogP contribution in [0.2, 0.25) is 0 Å². The van der Waals surface area contributed by atoms with Crippen molar-refractivity contribution in [1.29, 1.82) is 0 Å². The molecule has 1 amide bonds. The Bertz CT molecular complexity index is 1210. The summed E-state index contributed by atoms with van der Waals surface area (Å²) in [7, 11) is 3.01. The summed E-state index contributed by atoms with van der Waals surface area (Å²) in [6.07, 6.45) is -4.10. The fourth-order valence-corrected chi connectivity index (χ4v) is 4.15. The number of alkyl halides is 3. The Morgan fingerprint density at radius 2 is 1.69 bits per heavy atom. The average Bonchev–Trinajstić information content (AvgIpc) is 2.86. The smallest absolute Gasteiger partial charge is 0.416 e. The lowest BCUT2D eigenvalue weighted by atomic mass is 9.91. The van der Waals surface area contributed by atoms with Crippen LogP contribution < -0.4 is 14.2 Å². The monoisotopic (exact) mass is 489 g/mol. The van der Waals surface area contributed by atoms with Crippen molar-refractivity contribution in [3.63, 3.8) is 0 Å². The van der Waals surface area contributed by atoms with Gasteiger partial charge >= 0.3 is 6.18 Å². The second-order valence-corrected chi connectivity index (χ2v) is 8.01. The summed E-state index contributed by atoms with van der Waals surface area (Å²) in [6, 6.07) is 12.7. The van der Waals surface area contributed by atoms with Gasteiger partial charge in [-0.15, -0.1) is 0 Å². The molecule has 3 aromatic rings. The van der Waals surface area contributed by atoms with Crippen LogP contribution in [0.5, 0.6) is 17.2 Å². The molecule has 0 saturated carbocycles. The van der Waals surface area contributed by atoms with Crippen molar-refractivity contribution in [2.24, 2.45) is 0 Å². The molecule has 3 aromatic carbocycles. The van der Waals surface area contributed by atoms with E-state index in [1.165, 1.54) is 55.5 Å². The van der Waals surface area contributed by atoms with Crippen LogP contribution in [0.25, 0.3) is 0 Å². The standard InChI is InChI=1S/C26H23F4NO4/c1-33-23-13-16-10-11-31(25(32)17-4-3-5-18(12-17)26(28,29)30)22(21(16)14-24(23)34-2)15-35-20-8-6-19(27)7-9-20/h3-9,12-14,22H,10-11,15H2,1-2H3. The third-order valence-corrected chi connectivity index (χ3v) is 5.92. The number of benzene rings is 3. The number of amides is 1. The second kappa shape index (κ2) is 9.85. The van der Waals surface area contributed by atoms with Crippen molar-refractivity contribution >= 4 is 5.91 Å². The van der Waals surface area contributed by atoms with Gasteiger partial charge in [0.15, 0.2) is 11.5 Å². The first kappa shape index (κ1) is 24.4. The van der Waals surface area contributed by atoms with Gasteiger partial charge in [0.05, 0.1) is 25.8 Å². The predicted molar refractivity (Wildman–Crippen MR) is 120 cm³/mol. The van der Waals surface area contributed by atoms with Crippen molar-refractivity contribution in [3.05, 3.63) is 88.7 Å². The van der Waals surface area contributed by atoms with Crippen LogP contribution in [0, 0.1) is 5.82 Å². The van der Waals surface area contributed by atoms with Gasteiger partial charge in [0.1, 0.15) is 18.2 Å². The number of hydrogen-bond acceptors (Lipinski definition) is 4. The lowest BCUT2D eigenvalue weighted by molar-refractivity contribution is -0.137. The number of halogens is 4. The second-order valence-electron chi connectivity index (χ2n) is 8.01. The van der Waals surface area contributed by atoms with E-state index in [-0.39, 0.29) is 18.7 Å². The van der Waals surface area contributed by atoms with E-state index in [4.69, 9.17) is 14.2 Å². The maximum atomic E-state index is 13.4. The van der Waals surface area contributed by atoms with Gasteiger partial charge < -0.3 is 19.1 Å². The Hall–Kier alpha value is -3.75. The number of ether oxygens (including phenoxy) is 3. The van der Waals surface area contributed by atoms with Crippen molar-refractivity contribution < 1.29 is 36.6 Å². The molecule has 4 rings (SSSR count). The highest BCUT2D eigenvalue weighted by Gasteiger charge is 2.35. The number of carbonyl (C=O) groups excluding carboxylic acids is 1. The van der Waals surface area contributed by atoms with E-state index in [1.54, 1.807) is 6.07 Å². The highest BCUT2D eigenvalue weighted by Crippen LogP contribution is 2.39. The molecule has 9 heteroatoms. The van der Waals surface area contributed by atoms with E-state index in [1.807, 2.05) is 6.07 Å². The minimum absolute atomic E-state index is 0.00117. The molecule has 35 heavy (non-hydrogen) atoms. The molecule has 0 aromatic heterocycles. The minimum atomic E-state index is -4.57. The van der Waals surface area contributed by atoms with E-state index < -0.39 is 29.5 Å². The molecular weight excluding hydrogens is 466 g/mol. The fraction of sp³-hybridized carbons (Fsp3) is 0.269. The van der Waals surface area contributed by atoms with Crippen molar-refractivity contribution in [2.45, 2.75) is 18.6 Å². The molecule has 1 atom stereocenters. The maximum Gasteiger partial charge on any atom is 0.416 e. The molecule has 0 radical (unpaired) electrons. The molecule has 0 N–H and O–H groups in total. The van der Waals surface area contributed by atoms with Gasteiger partial charge in [0.25, 0.3) is 5.91 Å². The third-order valence-electron chi connectivity index (χ3n) is 5.92. The highest BCUT2D eigenvalue weighted by atomic mass is 19.4. The van der Waals surface area contributed by atoms with Crippen LogP contribution >= 0.6 is 0 Å². The van der Waals surface area contributed by atoms with Crippen LogP contribution in [-0.2, 0) is 12.6 Å². The molecule has 0 aliphatic carbocycles. The molecule has 5 nitrogen and oxygen atoms in total. The number of methoxy groups -OCH3 is 2. The lowest BCUT2D eigenvalue weighted by Crippen LogP contribution is -2.42. The van der Waals surface area contributed by atoms with E-state index >= 15 is 0 Å². The summed E-state index contributed by atoms with van der Waals surface area (Å²) in [5.41, 5.74) is 0.668. The third kappa shape index (κ3) is 5.18. The molecule has 1 heterocycles. The Balaban J connectivity index is 1.71. The number of hydrogen-bond donors (Lipinski definition) is 0. The van der Waals surface area contributed by atoms with Crippen LogP contribution in [0.4, 0.5) is 17.6 Å². The van der Waals surface area contributed by atoms with Crippen LogP contribution in [0.15, 0.2) is 60.7 Å². The summed E-state index contributed by atoms with van der Waals surface area (Å²) < 4.78 is 69.7. The molecular formula is C26H23F4NO4. The van der Waals surface area contributed by atoms with Gasteiger partial charge in [-0.2, -0.15) is 13.2 Å². The summed E-state index contributed by atoms with van der Waals surface area (Å²) in [6.45, 7) is 0.258. The first-order chi connectivity index (χ1) is 16.7. The number of rotatable bonds is 6. The fourth-order valence-electron chi connectivity index (χ4n) is 4.15. The number of fused-ring (bicyclic) bond motifs is 1. The predicted octanol–water partition coefficient (Wildman–Crippen LogP) is 5.68. The van der Waals surface area contributed by atoms with Gasteiger partial charge in [0, 0.05) is 12.1 Å². The molecule has 0 bridgehead atoms. The molecule has 1 aliphatic heterocycles. The Kier molecular flexibility index (Phi) is 6.86. The van der Waals surface area contributed by atoms with Crippen molar-refractivity contribution in [1.82, 2.24) is 4.90 Å². The van der Waals surface area contributed by atoms with Gasteiger partial charge in [-0.25, -0.2) is 4.39 Å². The summed E-state index contributed by atoms with van der Waals surface area (Å²) in [5.74, 6) is 0.404. The van der Waals surface area contributed by atoms with Crippen molar-refractivity contribution in [3.8, 4) is 17.2 Å². The van der Waals surface area contributed by atoms with Crippen LogP contribution in [0.1, 0.15) is 33.1 Å². The highest BCUT2D eigenvalue weighted by molar-refractivity contribution is 5.95. The summed E-state index contributed by atoms with van der Waals surface area (Å²) in [5, 5.41) is 0. The van der Waals surface area contributed by atoms with E-state index in [2.05, 4.69) is 0 Å². The van der Waals surface area contributed by atoms with Gasteiger partial charge in [0.2, 0.25) is 0 Å². The summed E-state index contributed by atoms with van der Waals surface area (Å²) >= 11 is 0. The quantitative estimate of drug-likeness (QED) is 0.418. The van der Waals surface area contributed by atoms with E-state index in [0.29, 0.717) is 23.7 Å². The zero-order valence-electron chi connectivity index (χ0n) is 19.1. The van der Waals surface area contributed by atoms with Gasteiger partial charge in [-0.05, 0) is 72.1 Å². The van der Waals surface area contributed by atoms with Crippen LogP contribution in [0.3, 0.4) is 0 Å². The van der Waals surface area contributed by atoms with Crippen LogP contribution in [-0.4, -0.2) is 38.2 Å².